The number of nitrogens with one attached hydrogen (secondary N) is 1. The van der Waals surface area contributed by atoms with Crippen LogP contribution in [0.25, 0.3) is 0 Å². The summed E-state index contributed by atoms with van der Waals surface area (Å²) in [6, 6.07) is 14.0. The fourth-order valence-corrected chi connectivity index (χ4v) is 5.22. The average molecular weight is 558 g/mol. The van der Waals surface area contributed by atoms with Crippen LogP contribution >= 0.6 is 0 Å². The Labute approximate surface area is 241 Å². The second-order valence-electron chi connectivity index (χ2n) is 11.1. The lowest BCUT2D eigenvalue weighted by Gasteiger charge is -2.38. The van der Waals surface area contributed by atoms with Crippen molar-refractivity contribution in [3.8, 4) is 0 Å². The maximum atomic E-state index is 13.2. The van der Waals surface area contributed by atoms with Crippen molar-refractivity contribution in [1.82, 2.24) is 9.88 Å². The molecule has 3 aromatic rings. The van der Waals surface area contributed by atoms with Crippen LogP contribution in [0.2, 0.25) is 0 Å². The molecule has 1 aliphatic carbocycles. The lowest BCUT2D eigenvalue weighted by molar-refractivity contribution is -0.127. The summed E-state index contributed by atoms with van der Waals surface area (Å²) in [7, 11) is 1.77. The van der Waals surface area contributed by atoms with Gasteiger partial charge in [0.05, 0.1) is 11.4 Å². The second kappa shape index (κ2) is 12.6. The van der Waals surface area contributed by atoms with Crippen molar-refractivity contribution in [2.45, 2.75) is 51.9 Å². The number of piperazine rings is 1. The minimum atomic E-state index is -0.350. The number of anilines is 3. The Morgan fingerprint density at radius 1 is 1.00 bits per heavy atom. The topological polar surface area (TPSA) is 99.0 Å². The Morgan fingerprint density at radius 3 is 2.39 bits per heavy atom. The minimum absolute atomic E-state index is 0.0133. The maximum Gasteiger partial charge on any atom is 0.277 e. The van der Waals surface area contributed by atoms with Crippen molar-refractivity contribution in [1.29, 1.82) is 0 Å². The molecule has 9 nitrogen and oxygen atoms in total. The molecule has 2 aliphatic rings. The number of para-hydroxylation sites is 1. The quantitative estimate of drug-likeness (QED) is 0.253. The first-order valence-electron chi connectivity index (χ1n) is 14.5. The molecule has 9 heteroatoms. The van der Waals surface area contributed by atoms with Gasteiger partial charge in [-0.25, -0.2) is 4.98 Å². The van der Waals surface area contributed by atoms with E-state index in [-0.39, 0.29) is 23.3 Å². The zero-order valence-corrected chi connectivity index (χ0v) is 24.2. The number of benzene rings is 2. The summed E-state index contributed by atoms with van der Waals surface area (Å²) in [4.78, 5) is 48.4. The van der Waals surface area contributed by atoms with Crippen molar-refractivity contribution in [3.63, 3.8) is 0 Å². The number of unbranched alkanes of at least 4 members (excludes halogenated alkanes) is 1. The van der Waals surface area contributed by atoms with E-state index in [1.165, 1.54) is 24.4 Å². The van der Waals surface area contributed by atoms with Gasteiger partial charge in [0, 0.05) is 70.3 Å². The van der Waals surface area contributed by atoms with E-state index in [4.69, 9.17) is 4.42 Å². The molecule has 0 spiro atoms. The highest BCUT2D eigenvalue weighted by atomic mass is 16.3. The van der Waals surface area contributed by atoms with Crippen LogP contribution in [0.1, 0.15) is 77.2 Å². The number of Topliss-reactive ketones (excluding diaryl/α,β-unsaturated/α-hetero) is 1. The number of hydrogen-bond acceptors (Lipinski definition) is 7. The van der Waals surface area contributed by atoms with Gasteiger partial charge in [-0.2, -0.15) is 0 Å². The molecule has 41 heavy (non-hydrogen) atoms. The smallest absolute Gasteiger partial charge is 0.277 e. The molecule has 2 fully saturated rings. The lowest BCUT2D eigenvalue weighted by atomic mass is 10.0. The molecule has 1 saturated heterocycles. The second-order valence-corrected chi connectivity index (χ2v) is 11.1. The molecule has 1 aliphatic heterocycles. The van der Waals surface area contributed by atoms with Crippen molar-refractivity contribution in [2.75, 3.05) is 54.9 Å². The normalized spacial score (nSPS) is 15.1. The van der Waals surface area contributed by atoms with E-state index in [9.17, 15) is 14.4 Å². The monoisotopic (exact) mass is 557 g/mol. The molecule has 216 valence electrons. The summed E-state index contributed by atoms with van der Waals surface area (Å²) in [5.74, 6) is 0.606. The van der Waals surface area contributed by atoms with Crippen LogP contribution < -0.4 is 15.1 Å². The van der Waals surface area contributed by atoms with Crippen LogP contribution in [-0.2, 0) is 4.79 Å². The Balaban J connectivity index is 1.30. The number of hydrogen-bond donors (Lipinski definition) is 1. The largest absolute Gasteiger partial charge is 0.448 e. The Morgan fingerprint density at radius 2 is 1.71 bits per heavy atom. The molecule has 1 saturated carbocycles. The van der Waals surface area contributed by atoms with Gasteiger partial charge in [0.25, 0.3) is 5.91 Å². The molecular formula is C32H39N5O4. The molecule has 1 N–H and O–H groups in total. The first kappa shape index (κ1) is 28.4. The van der Waals surface area contributed by atoms with Crippen LogP contribution in [0, 0.1) is 6.92 Å². The van der Waals surface area contributed by atoms with Gasteiger partial charge in [0.2, 0.25) is 5.91 Å². The van der Waals surface area contributed by atoms with Gasteiger partial charge >= 0.3 is 0 Å². The highest BCUT2D eigenvalue weighted by Gasteiger charge is 2.30. The fraction of sp³-hybridized carbons (Fsp3) is 0.438. The Hall–Kier alpha value is -4.14. The van der Waals surface area contributed by atoms with Crippen molar-refractivity contribution < 1.29 is 18.8 Å². The number of aromatic nitrogens is 1. The summed E-state index contributed by atoms with van der Waals surface area (Å²) < 4.78 is 5.54. The van der Waals surface area contributed by atoms with E-state index >= 15 is 0 Å². The molecular weight excluding hydrogens is 518 g/mol. The van der Waals surface area contributed by atoms with Gasteiger partial charge in [-0.05, 0) is 62.4 Å². The van der Waals surface area contributed by atoms with E-state index in [2.05, 4.69) is 51.3 Å². The number of oxazole rings is 1. The van der Waals surface area contributed by atoms with E-state index in [1.54, 1.807) is 18.0 Å². The molecule has 5 rings (SSSR count). The van der Waals surface area contributed by atoms with Crippen LogP contribution in [0.5, 0.6) is 0 Å². The van der Waals surface area contributed by atoms with Crippen LogP contribution in [0.4, 0.5) is 17.1 Å². The zero-order valence-electron chi connectivity index (χ0n) is 24.2. The van der Waals surface area contributed by atoms with Crippen LogP contribution in [0.3, 0.4) is 0 Å². The van der Waals surface area contributed by atoms with Gasteiger partial charge in [-0.15, -0.1) is 0 Å². The SMILES string of the molecule is CC(=O)N(C)CCCCC(=O)c1ccc(N2CCN(c3ccccc3C)CC2)c(NC(=O)c2coc(C3CC3)n2)c1. The number of ketones is 1. The predicted molar refractivity (Wildman–Crippen MR) is 160 cm³/mol. The van der Waals surface area contributed by atoms with E-state index in [0.29, 0.717) is 42.4 Å². The number of carbonyl (C=O) groups excluding carboxylic acids is 3. The molecule has 0 bridgehead atoms. The summed E-state index contributed by atoms with van der Waals surface area (Å²) in [6.45, 7) is 7.55. The van der Waals surface area contributed by atoms with Crippen molar-refractivity contribution in [2.24, 2.45) is 0 Å². The van der Waals surface area contributed by atoms with Crippen LogP contribution in [0.15, 0.2) is 53.1 Å². The Kier molecular flexibility index (Phi) is 8.71. The highest BCUT2D eigenvalue weighted by Crippen LogP contribution is 2.39. The van der Waals surface area contributed by atoms with E-state index in [0.717, 1.165) is 51.1 Å². The number of amides is 2. The minimum Gasteiger partial charge on any atom is -0.448 e. The van der Waals surface area contributed by atoms with Gasteiger partial charge in [0.1, 0.15) is 6.26 Å². The number of carbonyl (C=O) groups is 3. The van der Waals surface area contributed by atoms with Crippen molar-refractivity contribution >= 4 is 34.7 Å². The summed E-state index contributed by atoms with van der Waals surface area (Å²) in [5, 5.41) is 3.03. The van der Waals surface area contributed by atoms with Gasteiger partial charge in [-0.3, -0.25) is 14.4 Å². The first-order valence-corrected chi connectivity index (χ1v) is 14.5. The predicted octanol–water partition coefficient (Wildman–Crippen LogP) is 5.27. The Bertz CT molecular complexity index is 1400. The van der Waals surface area contributed by atoms with Gasteiger partial charge < -0.3 is 24.4 Å². The van der Waals surface area contributed by atoms with Gasteiger partial charge in [-0.1, -0.05) is 18.2 Å². The summed E-state index contributed by atoms with van der Waals surface area (Å²) in [5.41, 5.74) is 4.78. The zero-order chi connectivity index (χ0) is 28.9. The first-order chi connectivity index (χ1) is 19.8. The number of rotatable bonds is 11. The third kappa shape index (κ3) is 6.96. The molecule has 0 atom stereocenters. The van der Waals surface area contributed by atoms with Gasteiger partial charge in [0.15, 0.2) is 17.4 Å². The number of nitrogens with zero attached hydrogens (tertiary/aromatic N) is 4. The molecule has 2 aromatic carbocycles. The molecule has 0 radical (unpaired) electrons. The lowest BCUT2D eigenvalue weighted by Crippen LogP contribution is -2.47. The third-order valence-corrected chi connectivity index (χ3v) is 8.01. The molecule has 1 aromatic heterocycles. The highest BCUT2D eigenvalue weighted by molar-refractivity contribution is 6.06. The molecule has 2 amide bonds. The fourth-order valence-electron chi connectivity index (χ4n) is 5.22. The number of aryl methyl sites for hydroxylation is 1. The molecule has 2 heterocycles. The van der Waals surface area contributed by atoms with Crippen molar-refractivity contribution in [3.05, 3.63) is 71.4 Å². The van der Waals surface area contributed by atoms with E-state index in [1.807, 2.05) is 12.1 Å². The summed E-state index contributed by atoms with van der Waals surface area (Å²) >= 11 is 0. The average Bonchev–Trinajstić information content (AvgIpc) is 3.71. The molecule has 0 unspecified atom stereocenters. The van der Waals surface area contributed by atoms with E-state index < -0.39 is 0 Å². The van der Waals surface area contributed by atoms with Crippen LogP contribution in [-0.4, -0.2) is 67.3 Å². The summed E-state index contributed by atoms with van der Waals surface area (Å²) in [6.07, 6.45) is 5.30. The standard InChI is InChI=1S/C32H39N5O4/c1-22-8-4-5-9-28(22)36-16-18-37(19-17-36)29-14-13-25(30(39)10-6-7-15-35(3)23(2)38)20-26(29)33-31(40)27-21-41-32(34-27)24-11-12-24/h4-5,8-9,13-14,20-21,24H,6-7,10-12,15-19H2,1-3H3,(H,33,40). The third-order valence-electron chi connectivity index (χ3n) is 8.01. The maximum absolute atomic E-state index is 13.2.